The van der Waals surface area contributed by atoms with Crippen LogP contribution < -0.4 is 0 Å². The Morgan fingerprint density at radius 3 is 2.68 bits per heavy atom. The van der Waals surface area contributed by atoms with E-state index in [1.54, 1.807) is 6.92 Å². The fourth-order valence-electron chi connectivity index (χ4n) is 2.43. The van der Waals surface area contributed by atoms with Crippen molar-refractivity contribution in [2.45, 2.75) is 26.2 Å². The van der Waals surface area contributed by atoms with E-state index < -0.39 is 5.97 Å². The van der Waals surface area contributed by atoms with Gasteiger partial charge in [0.1, 0.15) is 11.6 Å². The van der Waals surface area contributed by atoms with Gasteiger partial charge in [-0.2, -0.15) is 5.26 Å². The fourth-order valence-corrected chi connectivity index (χ4v) is 2.43. The molecule has 1 aliphatic rings. The van der Waals surface area contributed by atoms with Crippen LogP contribution in [-0.4, -0.2) is 12.6 Å². The summed E-state index contributed by atoms with van der Waals surface area (Å²) in [4.78, 5) is 11.7. The van der Waals surface area contributed by atoms with Gasteiger partial charge in [-0.25, -0.2) is 4.79 Å². The number of rotatable bonds is 4. The second-order valence-corrected chi connectivity index (χ2v) is 4.75. The molecular weight excluding hydrogens is 238 g/mol. The van der Waals surface area contributed by atoms with Gasteiger partial charge < -0.3 is 4.74 Å². The summed E-state index contributed by atoms with van der Waals surface area (Å²) in [7, 11) is 0. The smallest absolute Gasteiger partial charge is 0.348 e. The average molecular weight is 255 g/mol. The lowest BCUT2D eigenvalue weighted by atomic mass is 10.0. The number of allylic oxidation sites excluding steroid dienone is 1. The summed E-state index contributed by atoms with van der Waals surface area (Å²) in [5.74, 6) is 0.224. The van der Waals surface area contributed by atoms with Crippen molar-refractivity contribution >= 4 is 5.97 Å². The van der Waals surface area contributed by atoms with E-state index in [1.165, 1.54) is 5.56 Å². The highest BCUT2D eigenvalue weighted by molar-refractivity contribution is 5.93. The van der Waals surface area contributed by atoms with Gasteiger partial charge >= 0.3 is 5.97 Å². The standard InChI is InChI=1S/C16H17NO2/c1-3-19-16(18)15(10-17)11(2)13-9-14(13)12-7-5-4-6-8-12/h4-8,13-14H,3,9H2,1-2H3/b15-11-. The molecule has 0 amide bonds. The molecule has 19 heavy (non-hydrogen) atoms. The molecule has 2 unspecified atom stereocenters. The summed E-state index contributed by atoms with van der Waals surface area (Å²) < 4.78 is 4.92. The van der Waals surface area contributed by atoms with Crippen LogP contribution in [0.3, 0.4) is 0 Å². The lowest BCUT2D eigenvalue weighted by Crippen LogP contribution is -2.09. The minimum atomic E-state index is -0.499. The Kier molecular flexibility index (Phi) is 4.01. The zero-order valence-electron chi connectivity index (χ0n) is 11.2. The largest absolute Gasteiger partial charge is 0.462 e. The lowest BCUT2D eigenvalue weighted by molar-refractivity contribution is -0.138. The highest BCUT2D eigenvalue weighted by Gasteiger charge is 2.41. The minimum absolute atomic E-state index is 0.172. The van der Waals surface area contributed by atoms with Crippen LogP contribution in [0.4, 0.5) is 0 Å². The van der Waals surface area contributed by atoms with Gasteiger partial charge in [0, 0.05) is 0 Å². The van der Waals surface area contributed by atoms with E-state index in [1.807, 2.05) is 31.2 Å². The van der Waals surface area contributed by atoms with Crippen molar-refractivity contribution in [1.29, 1.82) is 5.26 Å². The van der Waals surface area contributed by atoms with E-state index in [2.05, 4.69) is 12.1 Å². The molecule has 0 aliphatic heterocycles. The van der Waals surface area contributed by atoms with E-state index >= 15 is 0 Å². The predicted molar refractivity (Wildman–Crippen MR) is 72.2 cm³/mol. The van der Waals surface area contributed by atoms with Crippen molar-refractivity contribution in [2.24, 2.45) is 5.92 Å². The van der Waals surface area contributed by atoms with Crippen LogP contribution in [0.25, 0.3) is 0 Å². The van der Waals surface area contributed by atoms with E-state index in [9.17, 15) is 4.79 Å². The summed E-state index contributed by atoms with van der Waals surface area (Å²) >= 11 is 0. The van der Waals surface area contributed by atoms with Crippen LogP contribution in [0, 0.1) is 17.2 Å². The topological polar surface area (TPSA) is 50.1 Å². The first-order chi connectivity index (χ1) is 9.19. The molecular formula is C16H17NO2. The van der Waals surface area contributed by atoms with Crippen molar-refractivity contribution < 1.29 is 9.53 Å². The van der Waals surface area contributed by atoms with Gasteiger partial charge in [-0.1, -0.05) is 30.3 Å². The van der Waals surface area contributed by atoms with Gasteiger partial charge in [0.2, 0.25) is 0 Å². The fraction of sp³-hybridized carbons (Fsp3) is 0.375. The van der Waals surface area contributed by atoms with Crippen molar-refractivity contribution in [3.8, 4) is 6.07 Å². The first-order valence-corrected chi connectivity index (χ1v) is 6.52. The van der Waals surface area contributed by atoms with Crippen molar-refractivity contribution in [3.63, 3.8) is 0 Å². The molecule has 1 aliphatic carbocycles. The molecule has 0 saturated heterocycles. The van der Waals surface area contributed by atoms with E-state index in [-0.39, 0.29) is 5.57 Å². The Labute approximate surface area is 113 Å². The number of ether oxygens (including phenoxy) is 1. The average Bonchev–Trinajstić information content (AvgIpc) is 3.21. The van der Waals surface area contributed by atoms with Crippen LogP contribution in [0.2, 0.25) is 0 Å². The second kappa shape index (κ2) is 5.71. The number of carbonyl (C=O) groups excluding carboxylic acids is 1. The van der Waals surface area contributed by atoms with Gasteiger partial charge in [-0.3, -0.25) is 0 Å². The Balaban J connectivity index is 2.15. The SMILES string of the molecule is CCOC(=O)/C(C#N)=C(/C)C1CC1c1ccccc1. The Morgan fingerprint density at radius 1 is 1.42 bits per heavy atom. The van der Waals surface area contributed by atoms with Gasteiger partial charge in [0.15, 0.2) is 0 Å². The number of hydrogen-bond acceptors (Lipinski definition) is 3. The maximum absolute atomic E-state index is 11.7. The summed E-state index contributed by atoms with van der Waals surface area (Å²) in [6.07, 6.45) is 1.00. The first-order valence-electron chi connectivity index (χ1n) is 6.52. The highest BCUT2D eigenvalue weighted by Crippen LogP contribution is 2.52. The van der Waals surface area contributed by atoms with Crippen molar-refractivity contribution in [2.75, 3.05) is 6.61 Å². The number of benzene rings is 1. The summed E-state index contributed by atoms with van der Waals surface area (Å²) in [5.41, 5.74) is 2.30. The third-order valence-corrected chi connectivity index (χ3v) is 3.56. The van der Waals surface area contributed by atoms with Gasteiger partial charge in [-0.15, -0.1) is 0 Å². The zero-order valence-corrected chi connectivity index (χ0v) is 11.2. The molecule has 0 radical (unpaired) electrons. The zero-order chi connectivity index (χ0) is 13.8. The number of esters is 1. The van der Waals surface area contributed by atoms with Crippen LogP contribution in [-0.2, 0) is 9.53 Å². The number of nitrogens with zero attached hydrogens (tertiary/aromatic N) is 1. The molecule has 3 heteroatoms. The summed E-state index contributed by atoms with van der Waals surface area (Å²) in [6, 6.07) is 12.2. The first kappa shape index (κ1) is 13.4. The van der Waals surface area contributed by atoms with E-state index in [4.69, 9.17) is 10.00 Å². The van der Waals surface area contributed by atoms with Crippen molar-refractivity contribution in [3.05, 3.63) is 47.0 Å². The third kappa shape index (κ3) is 2.85. The highest BCUT2D eigenvalue weighted by atomic mass is 16.5. The van der Waals surface area contributed by atoms with E-state index in [0.717, 1.165) is 12.0 Å². The molecule has 0 N–H and O–H groups in total. The molecule has 2 atom stereocenters. The van der Waals surface area contributed by atoms with E-state index in [0.29, 0.717) is 18.4 Å². The monoisotopic (exact) mass is 255 g/mol. The van der Waals surface area contributed by atoms with Crippen LogP contribution >= 0.6 is 0 Å². The van der Waals surface area contributed by atoms with Crippen LogP contribution in [0.15, 0.2) is 41.5 Å². The van der Waals surface area contributed by atoms with Gasteiger partial charge in [0.25, 0.3) is 0 Å². The Morgan fingerprint density at radius 2 is 2.11 bits per heavy atom. The van der Waals surface area contributed by atoms with Crippen LogP contribution in [0.1, 0.15) is 31.7 Å². The van der Waals surface area contributed by atoms with Gasteiger partial charge in [0.05, 0.1) is 6.61 Å². The minimum Gasteiger partial charge on any atom is -0.462 e. The molecule has 1 saturated carbocycles. The Hall–Kier alpha value is -2.08. The Bertz CT molecular complexity index is 540. The number of hydrogen-bond donors (Lipinski definition) is 0. The maximum Gasteiger partial charge on any atom is 0.348 e. The second-order valence-electron chi connectivity index (χ2n) is 4.75. The predicted octanol–water partition coefficient (Wildman–Crippen LogP) is 3.19. The quantitative estimate of drug-likeness (QED) is 0.471. The molecule has 2 rings (SSSR count). The van der Waals surface area contributed by atoms with Crippen molar-refractivity contribution in [1.82, 2.24) is 0 Å². The number of nitriles is 1. The molecule has 0 spiro atoms. The normalized spacial score (nSPS) is 22.2. The molecule has 0 bridgehead atoms. The molecule has 0 heterocycles. The molecule has 0 aromatic heterocycles. The van der Waals surface area contributed by atoms with Gasteiger partial charge in [-0.05, 0) is 43.2 Å². The molecule has 1 aromatic rings. The maximum atomic E-state index is 11.7. The third-order valence-electron chi connectivity index (χ3n) is 3.56. The lowest BCUT2D eigenvalue weighted by Gasteiger charge is -2.05. The number of carbonyl (C=O) groups is 1. The molecule has 1 fully saturated rings. The van der Waals surface area contributed by atoms with Crippen LogP contribution in [0.5, 0.6) is 0 Å². The molecule has 3 nitrogen and oxygen atoms in total. The summed E-state index contributed by atoms with van der Waals surface area (Å²) in [6.45, 7) is 3.90. The molecule has 1 aromatic carbocycles. The molecule has 98 valence electrons. The summed E-state index contributed by atoms with van der Waals surface area (Å²) in [5, 5.41) is 9.12.